The number of aromatic nitrogens is 5. The predicted octanol–water partition coefficient (Wildman–Crippen LogP) is 4.65. The Kier molecular flexibility index (Phi) is 9.86. The van der Waals surface area contributed by atoms with E-state index in [1.54, 1.807) is 30.3 Å². The number of benzene rings is 2. The molecule has 1 unspecified atom stereocenters. The van der Waals surface area contributed by atoms with E-state index in [9.17, 15) is 27.9 Å². The highest BCUT2D eigenvalue weighted by atomic mass is 35.5. The highest BCUT2D eigenvalue weighted by molar-refractivity contribution is 7.99. The molecule has 2 heterocycles. The fourth-order valence-corrected chi connectivity index (χ4v) is 4.97. The Bertz CT molecular complexity index is 1750. The molecule has 0 aliphatic heterocycles. The van der Waals surface area contributed by atoms with Crippen LogP contribution in [0.4, 0.5) is 13.2 Å². The molecule has 2 aromatic heterocycles. The number of aromatic amines is 1. The predicted molar refractivity (Wildman–Crippen MR) is 141 cm³/mol. The van der Waals surface area contributed by atoms with Gasteiger partial charge in [0.1, 0.15) is 6.20 Å². The Labute approximate surface area is 241 Å². The summed E-state index contributed by atoms with van der Waals surface area (Å²) in [4.78, 5) is 34.0. The van der Waals surface area contributed by atoms with Crippen LogP contribution >= 0.6 is 46.6 Å². The first-order valence-electron chi connectivity index (χ1n) is 10.2. The molecule has 212 valence electrons. The van der Waals surface area contributed by atoms with Crippen molar-refractivity contribution < 1.29 is 31.2 Å². The molecule has 0 saturated heterocycles. The molecule has 0 aliphatic carbocycles. The molecule has 1 atom stereocenters. The zero-order valence-electron chi connectivity index (χ0n) is 19.2. The summed E-state index contributed by atoms with van der Waals surface area (Å²) in [5.41, 5.74) is -5.46. The molecule has 0 radical (unpaired) electrons. The first-order chi connectivity index (χ1) is 18.6. The number of hydrogen-bond acceptors (Lipinski definition) is 9. The second-order valence-electron chi connectivity index (χ2n) is 7.31. The molecular weight excluding hydrogens is 646 g/mol. The van der Waals surface area contributed by atoms with Crippen LogP contribution in [0.2, 0.25) is 15.1 Å². The number of nitrogens with one attached hydrogen (secondary N) is 1. The minimum Gasteiger partial charge on any atom is -0.493 e. The first kappa shape index (κ1) is 31.4. The monoisotopic (exact) mass is 657 g/mol. The number of halogens is 6. The van der Waals surface area contributed by atoms with Gasteiger partial charge in [0, 0.05) is 27.9 Å². The normalized spacial score (nSPS) is 12.4. The summed E-state index contributed by atoms with van der Waals surface area (Å²) >= 11 is 20.5. The van der Waals surface area contributed by atoms with Gasteiger partial charge in [0.15, 0.2) is 5.16 Å². The molecule has 0 aliphatic rings. The van der Waals surface area contributed by atoms with Crippen molar-refractivity contribution in [1.29, 1.82) is 0 Å². The lowest BCUT2D eigenvalue weighted by Crippen LogP contribution is -2.30. The van der Waals surface area contributed by atoms with Gasteiger partial charge in [0.2, 0.25) is 5.88 Å². The van der Waals surface area contributed by atoms with Crippen molar-refractivity contribution in [3.8, 4) is 11.6 Å². The molecule has 0 fully saturated rings. The van der Waals surface area contributed by atoms with Gasteiger partial charge in [-0.25, -0.2) is 9.78 Å². The number of aromatic hydroxyl groups is 1. The van der Waals surface area contributed by atoms with Gasteiger partial charge in [-0.1, -0.05) is 58.7 Å². The van der Waals surface area contributed by atoms with Crippen LogP contribution in [0, 0.1) is 0 Å². The maximum atomic E-state index is 12.3. The van der Waals surface area contributed by atoms with Crippen molar-refractivity contribution in [2.24, 2.45) is 0 Å². The van der Waals surface area contributed by atoms with Crippen LogP contribution < -0.4 is 11.2 Å². The lowest BCUT2D eigenvalue weighted by Gasteiger charge is -2.21. The molecule has 0 amide bonds. The molecular formula is C21H13Cl3F3N5O6S2. The van der Waals surface area contributed by atoms with E-state index in [0.717, 1.165) is 16.4 Å². The molecule has 19 heteroatoms. The molecule has 3 N–H and O–H groups in total. The number of alkyl halides is 3. The van der Waals surface area contributed by atoms with Crippen molar-refractivity contribution >= 4 is 56.7 Å². The number of hydrogen-bond donors (Lipinski definition) is 3. The van der Waals surface area contributed by atoms with Crippen LogP contribution in [0.15, 0.2) is 69.6 Å². The molecule has 4 aromatic rings. The van der Waals surface area contributed by atoms with Crippen molar-refractivity contribution in [2.75, 3.05) is 0 Å². The van der Waals surface area contributed by atoms with E-state index in [0.29, 0.717) is 15.6 Å². The number of nitrogens with zero attached hydrogens (tertiary/aromatic N) is 4. The third-order valence-electron chi connectivity index (χ3n) is 4.62. The third-order valence-corrected chi connectivity index (χ3v) is 7.33. The second-order valence-corrected chi connectivity index (χ2v) is 11.0. The van der Waals surface area contributed by atoms with E-state index >= 15 is 0 Å². The smallest absolute Gasteiger partial charge is 0.493 e. The van der Waals surface area contributed by atoms with Gasteiger partial charge < -0.3 is 5.11 Å². The maximum absolute atomic E-state index is 12.3. The Morgan fingerprint density at radius 2 is 1.65 bits per heavy atom. The Morgan fingerprint density at radius 3 is 2.20 bits per heavy atom. The first-order valence-corrected chi connectivity index (χ1v) is 13.7. The Balaban J connectivity index is 0.000000482. The van der Waals surface area contributed by atoms with Gasteiger partial charge in [-0.3, -0.25) is 14.3 Å². The van der Waals surface area contributed by atoms with Crippen molar-refractivity contribution in [3.05, 3.63) is 102 Å². The molecule has 11 nitrogen and oxygen atoms in total. The molecule has 0 spiro atoms. The summed E-state index contributed by atoms with van der Waals surface area (Å²) in [6.45, 7) is 0. The van der Waals surface area contributed by atoms with E-state index in [1.807, 2.05) is 0 Å². The molecule has 40 heavy (non-hydrogen) atoms. The SMILES string of the molecule is O=S(=O)(O)C(F)(F)F.O=c1cnn(-c2ccc(Cl)c(C(Sc3nccc(O)n3)c3ccc(Cl)cc3)c2Cl)c(=O)[nH]1. The van der Waals surface area contributed by atoms with E-state index < -0.39 is 32.1 Å². The van der Waals surface area contributed by atoms with Crippen LogP contribution in [-0.4, -0.2) is 48.3 Å². The molecule has 4 rings (SSSR count). The standard InChI is InChI=1S/C20H12Cl3N5O3S.CHF3O3S/c21-11-3-1-10(2-4-11)18(32-19-24-8-7-14(29)26-19)16-12(22)5-6-13(17(16)23)28-20(31)27-15(30)9-25-28;2-1(3,4)8(5,6)7/h1-9,18H,(H,24,26,29)(H,27,30,31);(H,5,6,7). The van der Waals surface area contributed by atoms with Crippen molar-refractivity contribution in [2.45, 2.75) is 15.9 Å². The van der Waals surface area contributed by atoms with Gasteiger partial charge in [-0.15, -0.1) is 0 Å². The van der Waals surface area contributed by atoms with Crippen LogP contribution in [0.3, 0.4) is 0 Å². The highest BCUT2D eigenvalue weighted by Gasteiger charge is 2.44. The lowest BCUT2D eigenvalue weighted by atomic mass is 10.0. The highest BCUT2D eigenvalue weighted by Crippen LogP contribution is 2.46. The minimum atomic E-state index is -5.84. The second kappa shape index (κ2) is 12.6. The van der Waals surface area contributed by atoms with Crippen LogP contribution in [0.5, 0.6) is 5.88 Å². The fraction of sp³-hybridized carbons (Fsp3) is 0.0952. The average Bonchev–Trinajstić information content (AvgIpc) is 2.84. The summed E-state index contributed by atoms with van der Waals surface area (Å²) in [6.07, 6.45) is 2.39. The maximum Gasteiger partial charge on any atom is 0.522 e. The van der Waals surface area contributed by atoms with E-state index in [-0.39, 0.29) is 21.7 Å². The summed E-state index contributed by atoms with van der Waals surface area (Å²) in [6, 6.07) is 11.5. The zero-order chi connectivity index (χ0) is 29.8. The summed E-state index contributed by atoms with van der Waals surface area (Å²) in [5.74, 6) is -0.188. The van der Waals surface area contributed by atoms with Crippen molar-refractivity contribution in [3.63, 3.8) is 0 Å². The van der Waals surface area contributed by atoms with Crippen molar-refractivity contribution in [1.82, 2.24) is 24.7 Å². The molecule has 0 bridgehead atoms. The fourth-order valence-electron chi connectivity index (χ4n) is 2.91. The summed E-state index contributed by atoms with van der Waals surface area (Å²) < 4.78 is 58.5. The number of H-pyrrole nitrogens is 1. The van der Waals surface area contributed by atoms with Gasteiger partial charge in [0.25, 0.3) is 5.56 Å². The number of rotatable bonds is 5. The Hall–Kier alpha value is -3.15. The summed E-state index contributed by atoms with van der Waals surface area (Å²) in [5, 5.41) is 14.4. The van der Waals surface area contributed by atoms with Crippen LogP contribution in [-0.2, 0) is 10.1 Å². The van der Waals surface area contributed by atoms with E-state index in [2.05, 4.69) is 20.1 Å². The van der Waals surface area contributed by atoms with E-state index in [1.165, 1.54) is 30.1 Å². The van der Waals surface area contributed by atoms with Gasteiger partial charge in [-0.2, -0.15) is 36.4 Å². The van der Waals surface area contributed by atoms with Crippen LogP contribution in [0.25, 0.3) is 5.69 Å². The van der Waals surface area contributed by atoms with Gasteiger partial charge >= 0.3 is 21.3 Å². The Morgan fingerprint density at radius 1 is 1.02 bits per heavy atom. The average molecular weight is 659 g/mol. The lowest BCUT2D eigenvalue weighted by molar-refractivity contribution is -0.0510. The topological polar surface area (TPSA) is 168 Å². The third kappa shape index (κ3) is 7.74. The van der Waals surface area contributed by atoms with Gasteiger partial charge in [0.05, 0.1) is 16.0 Å². The number of thioether (sulfide) groups is 1. The minimum absolute atomic E-state index is 0.145. The largest absolute Gasteiger partial charge is 0.522 e. The molecule has 0 saturated carbocycles. The molecule has 2 aromatic carbocycles. The van der Waals surface area contributed by atoms with E-state index in [4.69, 9.17) is 47.8 Å². The quantitative estimate of drug-likeness (QED) is 0.119. The van der Waals surface area contributed by atoms with Crippen LogP contribution in [0.1, 0.15) is 16.4 Å². The zero-order valence-corrected chi connectivity index (χ0v) is 23.1. The summed E-state index contributed by atoms with van der Waals surface area (Å²) in [7, 11) is -5.84. The van der Waals surface area contributed by atoms with Gasteiger partial charge in [-0.05, 0) is 29.8 Å².